The molecule has 1 aliphatic rings. The van der Waals surface area contributed by atoms with Crippen LogP contribution in [-0.4, -0.2) is 32.4 Å². The average Bonchev–Trinajstić information content (AvgIpc) is 2.39. The largest absolute Gasteiger partial charge is 0.330 e. The SMILES string of the molecule is CC1CCN(S(=O)(=O)c2cccc(Br)c2)CC1CN. The van der Waals surface area contributed by atoms with Crippen LogP contribution in [0.5, 0.6) is 0 Å². The van der Waals surface area contributed by atoms with Crippen LogP contribution < -0.4 is 5.73 Å². The van der Waals surface area contributed by atoms with Gasteiger partial charge in [0, 0.05) is 17.6 Å². The molecule has 1 aromatic rings. The van der Waals surface area contributed by atoms with Crippen LogP contribution in [0.1, 0.15) is 13.3 Å². The fourth-order valence-corrected chi connectivity index (χ4v) is 4.53. The topological polar surface area (TPSA) is 63.4 Å². The lowest BCUT2D eigenvalue weighted by Crippen LogP contribution is -2.45. The molecule has 1 fully saturated rings. The maximum atomic E-state index is 12.6. The van der Waals surface area contributed by atoms with Gasteiger partial charge in [0.2, 0.25) is 10.0 Å². The highest BCUT2D eigenvalue weighted by Crippen LogP contribution is 2.28. The van der Waals surface area contributed by atoms with Gasteiger partial charge >= 0.3 is 0 Å². The Morgan fingerprint density at radius 3 is 2.84 bits per heavy atom. The van der Waals surface area contributed by atoms with Gasteiger partial charge in [-0.15, -0.1) is 0 Å². The van der Waals surface area contributed by atoms with E-state index in [0.29, 0.717) is 30.4 Å². The van der Waals surface area contributed by atoms with Crippen molar-refractivity contribution in [1.29, 1.82) is 0 Å². The molecule has 106 valence electrons. The van der Waals surface area contributed by atoms with Crippen LogP contribution >= 0.6 is 15.9 Å². The monoisotopic (exact) mass is 346 g/mol. The summed E-state index contributed by atoms with van der Waals surface area (Å²) in [6, 6.07) is 6.84. The zero-order valence-electron chi connectivity index (χ0n) is 10.9. The summed E-state index contributed by atoms with van der Waals surface area (Å²) < 4.78 is 27.5. The first-order valence-corrected chi connectivity index (χ1v) is 8.64. The lowest BCUT2D eigenvalue weighted by Gasteiger charge is -2.35. The maximum Gasteiger partial charge on any atom is 0.243 e. The molecule has 1 heterocycles. The number of nitrogens with zero attached hydrogens (tertiary/aromatic N) is 1. The summed E-state index contributed by atoms with van der Waals surface area (Å²) >= 11 is 3.31. The van der Waals surface area contributed by atoms with Gasteiger partial charge in [-0.2, -0.15) is 4.31 Å². The van der Waals surface area contributed by atoms with E-state index in [-0.39, 0.29) is 5.92 Å². The molecule has 6 heteroatoms. The van der Waals surface area contributed by atoms with Gasteiger partial charge in [0.05, 0.1) is 4.90 Å². The van der Waals surface area contributed by atoms with Gasteiger partial charge in [-0.3, -0.25) is 0 Å². The fraction of sp³-hybridized carbons (Fsp3) is 0.538. The Balaban J connectivity index is 2.25. The molecule has 0 saturated carbocycles. The molecular weight excluding hydrogens is 328 g/mol. The lowest BCUT2D eigenvalue weighted by molar-refractivity contribution is 0.203. The summed E-state index contributed by atoms with van der Waals surface area (Å²) in [7, 11) is -3.40. The van der Waals surface area contributed by atoms with Crippen molar-refractivity contribution in [3.63, 3.8) is 0 Å². The molecule has 0 aliphatic carbocycles. The normalized spacial score (nSPS) is 25.4. The molecule has 0 aromatic heterocycles. The van der Waals surface area contributed by atoms with E-state index in [2.05, 4.69) is 22.9 Å². The molecule has 1 aliphatic heterocycles. The van der Waals surface area contributed by atoms with Crippen LogP contribution in [0.3, 0.4) is 0 Å². The number of hydrogen-bond acceptors (Lipinski definition) is 3. The molecule has 0 spiro atoms. The highest BCUT2D eigenvalue weighted by molar-refractivity contribution is 9.10. The first-order valence-electron chi connectivity index (χ1n) is 6.41. The van der Waals surface area contributed by atoms with E-state index in [1.54, 1.807) is 22.5 Å². The Kier molecular flexibility index (Phi) is 4.66. The second-order valence-corrected chi connectivity index (χ2v) is 7.94. The summed E-state index contributed by atoms with van der Waals surface area (Å²) in [5.41, 5.74) is 5.73. The van der Waals surface area contributed by atoms with Crippen LogP contribution in [0, 0.1) is 11.8 Å². The molecule has 0 bridgehead atoms. The van der Waals surface area contributed by atoms with Gasteiger partial charge < -0.3 is 5.73 Å². The van der Waals surface area contributed by atoms with Gasteiger partial charge in [0.25, 0.3) is 0 Å². The highest BCUT2D eigenvalue weighted by atomic mass is 79.9. The molecule has 2 N–H and O–H groups in total. The van der Waals surface area contributed by atoms with E-state index in [1.165, 1.54) is 0 Å². The third-order valence-electron chi connectivity index (χ3n) is 3.81. The van der Waals surface area contributed by atoms with E-state index < -0.39 is 10.0 Å². The van der Waals surface area contributed by atoms with Crippen molar-refractivity contribution in [2.75, 3.05) is 19.6 Å². The van der Waals surface area contributed by atoms with E-state index in [4.69, 9.17) is 5.73 Å². The van der Waals surface area contributed by atoms with Crippen molar-refractivity contribution < 1.29 is 8.42 Å². The number of piperidine rings is 1. The minimum atomic E-state index is -3.40. The summed E-state index contributed by atoms with van der Waals surface area (Å²) in [4.78, 5) is 0.340. The first-order chi connectivity index (χ1) is 8.95. The minimum Gasteiger partial charge on any atom is -0.330 e. The molecule has 0 amide bonds. The molecule has 2 rings (SSSR count). The Labute approximate surface area is 123 Å². The van der Waals surface area contributed by atoms with Crippen molar-refractivity contribution in [3.05, 3.63) is 28.7 Å². The van der Waals surface area contributed by atoms with Crippen molar-refractivity contribution in [3.8, 4) is 0 Å². The van der Waals surface area contributed by atoms with Gasteiger partial charge in [-0.1, -0.05) is 28.9 Å². The Bertz CT molecular complexity index is 547. The Morgan fingerprint density at radius 1 is 1.47 bits per heavy atom. The number of hydrogen-bond donors (Lipinski definition) is 1. The lowest BCUT2D eigenvalue weighted by atomic mass is 9.88. The molecule has 19 heavy (non-hydrogen) atoms. The van der Waals surface area contributed by atoms with Crippen LogP contribution in [0.2, 0.25) is 0 Å². The molecule has 1 saturated heterocycles. The summed E-state index contributed by atoms with van der Waals surface area (Å²) in [5, 5.41) is 0. The zero-order chi connectivity index (χ0) is 14.0. The molecule has 0 radical (unpaired) electrons. The maximum absolute atomic E-state index is 12.6. The van der Waals surface area contributed by atoms with Crippen molar-refractivity contribution in [1.82, 2.24) is 4.31 Å². The zero-order valence-corrected chi connectivity index (χ0v) is 13.3. The smallest absolute Gasteiger partial charge is 0.243 e. The minimum absolute atomic E-state index is 0.246. The predicted octanol–water partition coefficient (Wildman–Crippen LogP) is 2.05. The van der Waals surface area contributed by atoms with E-state index in [1.807, 2.05) is 6.07 Å². The van der Waals surface area contributed by atoms with Crippen LogP contribution in [0.15, 0.2) is 33.6 Å². The quantitative estimate of drug-likeness (QED) is 0.910. The Hall–Kier alpha value is -0.430. The fourth-order valence-electron chi connectivity index (χ4n) is 2.42. The number of benzene rings is 1. The third-order valence-corrected chi connectivity index (χ3v) is 6.17. The summed E-state index contributed by atoms with van der Waals surface area (Å²) in [5.74, 6) is 0.731. The predicted molar refractivity (Wildman–Crippen MR) is 79.2 cm³/mol. The van der Waals surface area contributed by atoms with Gasteiger partial charge in [-0.25, -0.2) is 8.42 Å². The van der Waals surface area contributed by atoms with Crippen molar-refractivity contribution in [2.45, 2.75) is 18.2 Å². The van der Waals surface area contributed by atoms with Crippen LogP contribution in [0.25, 0.3) is 0 Å². The average molecular weight is 347 g/mol. The van der Waals surface area contributed by atoms with E-state index in [0.717, 1.165) is 10.9 Å². The highest BCUT2D eigenvalue weighted by Gasteiger charge is 2.33. The second kappa shape index (κ2) is 5.91. The molecular formula is C13H19BrN2O2S. The summed E-state index contributed by atoms with van der Waals surface area (Å²) in [6.45, 7) is 3.77. The standard InChI is InChI=1S/C13H19BrN2O2S/c1-10-5-6-16(9-11(10)8-15)19(17,18)13-4-2-3-12(14)7-13/h2-4,7,10-11H,5-6,8-9,15H2,1H3. The van der Waals surface area contributed by atoms with Gasteiger partial charge in [0.1, 0.15) is 0 Å². The van der Waals surface area contributed by atoms with E-state index >= 15 is 0 Å². The van der Waals surface area contributed by atoms with Crippen LogP contribution in [0.4, 0.5) is 0 Å². The Morgan fingerprint density at radius 2 is 2.21 bits per heavy atom. The first kappa shape index (κ1) is 15.0. The summed E-state index contributed by atoms with van der Waals surface area (Å²) in [6.07, 6.45) is 0.870. The number of halogens is 1. The van der Waals surface area contributed by atoms with Crippen molar-refractivity contribution in [2.24, 2.45) is 17.6 Å². The molecule has 2 unspecified atom stereocenters. The number of sulfonamides is 1. The van der Waals surface area contributed by atoms with Crippen molar-refractivity contribution >= 4 is 26.0 Å². The third kappa shape index (κ3) is 3.18. The second-order valence-electron chi connectivity index (χ2n) is 5.08. The molecule has 4 nitrogen and oxygen atoms in total. The van der Waals surface area contributed by atoms with Gasteiger partial charge in [0.15, 0.2) is 0 Å². The van der Waals surface area contributed by atoms with Crippen LogP contribution in [-0.2, 0) is 10.0 Å². The van der Waals surface area contributed by atoms with E-state index in [9.17, 15) is 8.42 Å². The van der Waals surface area contributed by atoms with Gasteiger partial charge in [-0.05, 0) is 43.0 Å². The number of rotatable bonds is 3. The molecule has 1 aromatic carbocycles. The molecule has 2 atom stereocenters. The number of nitrogens with two attached hydrogens (primary N) is 1.